The minimum absolute atomic E-state index is 0.223. The molecule has 1 atom stereocenters. The van der Waals surface area contributed by atoms with Crippen molar-refractivity contribution >= 4 is 42.1 Å². The molecule has 1 heterocycles. The average molecular weight is 465 g/mol. The van der Waals surface area contributed by atoms with Crippen LogP contribution in [0.1, 0.15) is 15.9 Å². The molecule has 3 aromatic carbocycles. The van der Waals surface area contributed by atoms with Crippen LogP contribution in [0.2, 0.25) is 0 Å². The fraction of sp³-hybridized carbons (Fsp3) is 0.0800. The van der Waals surface area contributed by atoms with Crippen molar-refractivity contribution in [2.75, 3.05) is 18.2 Å². The zero-order valence-electron chi connectivity index (χ0n) is 17.4. The monoisotopic (exact) mass is 464 g/mol. The number of thiophene rings is 1. The second kappa shape index (κ2) is 10.0. The van der Waals surface area contributed by atoms with Crippen LogP contribution < -0.4 is 16.4 Å². The lowest BCUT2D eigenvalue weighted by molar-refractivity contribution is 0.102. The first-order valence-corrected chi connectivity index (χ1v) is 12.3. The van der Waals surface area contributed by atoms with Crippen molar-refractivity contribution in [1.82, 2.24) is 0 Å². The Morgan fingerprint density at radius 3 is 2.47 bits per heavy atom. The summed E-state index contributed by atoms with van der Waals surface area (Å²) in [4.78, 5) is 13.9. The van der Waals surface area contributed by atoms with Gasteiger partial charge in [0.25, 0.3) is 5.91 Å². The van der Waals surface area contributed by atoms with Gasteiger partial charge in [-0.2, -0.15) is 0 Å². The second-order valence-electron chi connectivity index (χ2n) is 7.13. The van der Waals surface area contributed by atoms with Gasteiger partial charge in [0.15, 0.2) is 0 Å². The summed E-state index contributed by atoms with van der Waals surface area (Å²) in [6.45, 7) is 0. The van der Waals surface area contributed by atoms with Crippen molar-refractivity contribution in [2.24, 2.45) is 0 Å². The fourth-order valence-electron chi connectivity index (χ4n) is 3.25. The number of nitrogens with one attached hydrogen (secondary N) is 1. The van der Waals surface area contributed by atoms with Crippen LogP contribution in [0.15, 0.2) is 84.2 Å². The van der Waals surface area contributed by atoms with Gasteiger partial charge < -0.3 is 15.6 Å². The van der Waals surface area contributed by atoms with Crippen molar-refractivity contribution < 1.29 is 13.7 Å². The van der Waals surface area contributed by atoms with Crippen LogP contribution in [0.4, 0.5) is 15.8 Å². The van der Waals surface area contributed by atoms with Gasteiger partial charge >= 0.3 is 0 Å². The van der Waals surface area contributed by atoms with Crippen molar-refractivity contribution in [3.63, 3.8) is 0 Å². The van der Waals surface area contributed by atoms with E-state index in [-0.39, 0.29) is 11.7 Å². The van der Waals surface area contributed by atoms with Crippen LogP contribution >= 0.6 is 19.5 Å². The maximum Gasteiger partial charge on any atom is 0.255 e. The van der Waals surface area contributed by atoms with E-state index in [1.54, 1.807) is 48.8 Å². The molecule has 0 aliphatic rings. The first-order valence-electron chi connectivity index (χ1n) is 9.94. The molecule has 162 valence electrons. The van der Waals surface area contributed by atoms with E-state index in [1.165, 1.54) is 12.1 Å². The number of carbonyl (C=O) groups excluding carboxylic acids is 1. The number of rotatable bonds is 7. The Labute approximate surface area is 191 Å². The van der Waals surface area contributed by atoms with E-state index in [9.17, 15) is 9.18 Å². The molecule has 1 aromatic heterocycles. The van der Waals surface area contributed by atoms with Gasteiger partial charge in [0.2, 0.25) is 0 Å². The Morgan fingerprint density at radius 1 is 1.06 bits per heavy atom. The molecular formula is C25H22FN2O2PS. The lowest BCUT2D eigenvalue weighted by atomic mass is 10.1. The van der Waals surface area contributed by atoms with Gasteiger partial charge in [-0.05, 0) is 71.1 Å². The Hall–Kier alpha value is -3.05. The third kappa shape index (κ3) is 5.22. The number of carbonyl (C=O) groups is 1. The number of halogens is 1. The lowest BCUT2D eigenvalue weighted by Gasteiger charge is -2.16. The van der Waals surface area contributed by atoms with Crippen molar-refractivity contribution in [3.05, 3.63) is 101 Å². The highest BCUT2D eigenvalue weighted by Gasteiger charge is 2.14. The van der Waals surface area contributed by atoms with E-state index < -0.39 is 8.15 Å². The Balaban J connectivity index is 1.45. The van der Waals surface area contributed by atoms with Crippen molar-refractivity contribution in [1.29, 1.82) is 0 Å². The summed E-state index contributed by atoms with van der Waals surface area (Å²) in [5, 5.41) is 5.89. The van der Waals surface area contributed by atoms with Gasteiger partial charge in [-0.3, -0.25) is 4.79 Å². The van der Waals surface area contributed by atoms with Crippen molar-refractivity contribution in [3.8, 4) is 10.4 Å². The number of anilines is 2. The van der Waals surface area contributed by atoms with Crippen LogP contribution in [-0.2, 0) is 10.7 Å². The molecule has 0 saturated carbocycles. The minimum atomic E-state index is -0.916. The summed E-state index contributed by atoms with van der Waals surface area (Å²) in [5.74, 6) is -0.490. The molecule has 32 heavy (non-hydrogen) atoms. The second-order valence-corrected chi connectivity index (χ2v) is 10.0. The normalized spacial score (nSPS) is 11.8. The molecule has 0 aliphatic carbocycles. The highest BCUT2D eigenvalue weighted by Crippen LogP contribution is 2.39. The Kier molecular flexibility index (Phi) is 6.96. The summed E-state index contributed by atoms with van der Waals surface area (Å²) < 4.78 is 18.8. The average Bonchev–Trinajstić information content (AvgIpc) is 3.35. The summed E-state index contributed by atoms with van der Waals surface area (Å²) in [7, 11) is 0.743. The lowest BCUT2D eigenvalue weighted by Crippen LogP contribution is -2.13. The fourth-order valence-corrected chi connectivity index (χ4v) is 5.52. The van der Waals surface area contributed by atoms with Gasteiger partial charge in [0, 0.05) is 29.0 Å². The first-order chi connectivity index (χ1) is 15.5. The maximum atomic E-state index is 13.2. The Morgan fingerprint density at radius 2 is 1.81 bits per heavy atom. The third-order valence-corrected chi connectivity index (χ3v) is 7.87. The number of nitrogens with two attached hydrogens (primary N) is 1. The zero-order valence-corrected chi connectivity index (χ0v) is 19.1. The van der Waals surface area contributed by atoms with Gasteiger partial charge in [-0.1, -0.05) is 24.3 Å². The van der Waals surface area contributed by atoms with Crippen LogP contribution in [0.3, 0.4) is 0 Å². The van der Waals surface area contributed by atoms with E-state index in [0.717, 1.165) is 21.3 Å². The molecule has 7 heteroatoms. The van der Waals surface area contributed by atoms with Crippen LogP contribution in [0.5, 0.6) is 0 Å². The van der Waals surface area contributed by atoms with Crippen LogP contribution in [0.25, 0.3) is 10.4 Å². The summed E-state index contributed by atoms with van der Waals surface area (Å²) in [6, 6.07) is 23.4. The highest BCUT2D eigenvalue weighted by atomic mass is 32.1. The molecule has 4 nitrogen and oxygen atoms in total. The molecule has 0 aliphatic heterocycles. The molecule has 0 fully saturated rings. The van der Waals surface area contributed by atoms with Gasteiger partial charge in [-0.25, -0.2) is 4.39 Å². The van der Waals surface area contributed by atoms with E-state index in [0.29, 0.717) is 23.1 Å². The summed E-state index contributed by atoms with van der Waals surface area (Å²) in [6.07, 6.45) is 0.676. The predicted octanol–water partition coefficient (Wildman–Crippen LogP) is 6.26. The van der Waals surface area contributed by atoms with E-state index in [1.807, 2.05) is 41.8 Å². The SMILES string of the molecule is COP(Cc1ccc(C(=O)Nc2cc(-c3cccs3)ccc2N)cc1)c1ccc(F)cc1. The number of benzene rings is 3. The standard InChI is InChI=1S/C25H22FN2O2PS/c1-30-31(21-11-9-20(26)10-12-21)16-17-4-6-18(7-5-17)25(29)28-23-15-19(8-13-22(23)27)24-3-2-14-32-24/h2-15H,16,27H2,1H3,(H,28,29). The van der Waals surface area contributed by atoms with E-state index in [2.05, 4.69) is 5.32 Å². The summed E-state index contributed by atoms with van der Waals surface area (Å²) in [5.41, 5.74) is 9.77. The predicted molar refractivity (Wildman–Crippen MR) is 132 cm³/mol. The molecular weight excluding hydrogens is 442 g/mol. The maximum absolute atomic E-state index is 13.2. The first kappa shape index (κ1) is 22.2. The van der Waals surface area contributed by atoms with Crippen LogP contribution in [0, 0.1) is 5.82 Å². The molecule has 1 amide bonds. The minimum Gasteiger partial charge on any atom is -0.397 e. The largest absolute Gasteiger partial charge is 0.397 e. The van der Waals surface area contributed by atoms with Gasteiger partial charge in [0.1, 0.15) is 5.82 Å². The molecule has 0 bridgehead atoms. The van der Waals surface area contributed by atoms with Gasteiger partial charge in [-0.15, -0.1) is 11.3 Å². The summed E-state index contributed by atoms with van der Waals surface area (Å²) >= 11 is 1.63. The molecule has 0 radical (unpaired) electrons. The van der Waals surface area contributed by atoms with E-state index >= 15 is 0 Å². The molecule has 1 unspecified atom stereocenters. The topological polar surface area (TPSA) is 64.3 Å². The third-order valence-electron chi connectivity index (χ3n) is 4.98. The van der Waals surface area contributed by atoms with Crippen molar-refractivity contribution in [2.45, 2.75) is 6.16 Å². The van der Waals surface area contributed by atoms with E-state index in [4.69, 9.17) is 10.3 Å². The molecule has 0 saturated heterocycles. The van der Waals surface area contributed by atoms with Gasteiger partial charge in [0.05, 0.1) is 19.5 Å². The number of nitrogen functional groups attached to an aromatic ring is 1. The highest BCUT2D eigenvalue weighted by molar-refractivity contribution is 7.60. The number of amides is 1. The molecule has 4 aromatic rings. The van der Waals surface area contributed by atoms with Crippen LogP contribution in [-0.4, -0.2) is 13.0 Å². The molecule has 0 spiro atoms. The molecule has 3 N–H and O–H groups in total. The zero-order chi connectivity index (χ0) is 22.5. The number of hydrogen-bond donors (Lipinski definition) is 2. The Bertz CT molecular complexity index is 1200. The smallest absolute Gasteiger partial charge is 0.255 e. The molecule has 4 rings (SSSR count). The number of hydrogen-bond acceptors (Lipinski definition) is 4. The quantitative estimate of drug-likeness (QED) is 0.251.